The summed E-state index contributed by atoms with van der Waals surface area (Å²) in [5, 5.41) is 12.2. The standard InChI is InChI=1S/C17H19N5O2/c1-10(16-18-11(2)21-24-16)22-9-14-7-5-4-6-13(14)8-15(22)17-20-19-12(3)23-17/h4-7,10,15H,8-9H2,1-3H3. The quantitative estimate of drug-likeness (QED) is 0.732. The highest BCUT2D eigenvalue weighted by molar-refractivity contribution is 5.31. The SMILES string of the molecule is Cc1noc(C(C)N2Cc3ccccc3CC2c2nnc(C)o2)n1. The minimum atomic E-state index is -0.0447. The van der Waals surface area contributed by atoms with E-state index in [-0.39, 0.29) is 12.1 Å². The lowest BCUT2D eigenvalue weighted by atomic mass is 9.92. The Balaban J connectivity index is 1.73. The van der Waals surface area contributed by atoms with E-state index in [9.17, 15) is 0 Å². The number of fused-ring (bicyclic) bond motifs is 1. The zero-order valence-electron chi connectivity index (χ0n) is 13.9. The van der Waals surface area contributed by atoms with Crippen molar-refractivity contribution in [2.75, 3.05) is 0 Å². The number of aromatic nitrogens is 4. The highest BCUT2D eigenvalue weighted by Crippen LogP contribution is 2.38. The molecule has 7 nitrogen and oxygen atoms in total. The molecule has 1 aliphatic heterocycles. The van der Waals surface area contributed by atoms with Gasteiger partial charge in [0.05, 0.1) is 12.1 Å². The van der Waals surface area contributed by atoms with E-state index >= 15 is 0 Å². The lowest BCUT2D eigenvalue weighted by molar-refractivity contribution is 0.0811. The predicted molar refractivity (Wildman–Crippen MR) is 84.9 cm³/mol. The fourth-order valence-electron chi connectivity index (χ4n) is 3.25. The van der Waals surface area contributed by atoms with Gasteiger partial charge < -0.3 is 8.94 Å². The lowest BCUT2D eigenvalue weighted by Crippen LogP contribution is -2.36. The number of aryl methyl sites for hydroxylation is 2. The van der Waals surface area contributed by atoms with Gasteiger partial charge in [0.25, 0.3) is 0 Å². The van der Waals surface area contributed by atoms with Gasteiger partial charge in [-0.2, -0.15) is 4.98 Å². The van der Waals surface area contributed by atoms with Crippen LogP contribution < -0.4 is 0 Å². The molecule has 124 valence electrons. The van der Waals surface area contributed by atoms with Crippen LogP contribution >= 0.6 is 0 Å². The zero-order valence-corrected chi connectivity index (χ0v) is 13.9. The van der Waals surface area contributed by atoms with E-state index in [1.165, 1.54) is 11.1 Å². The van der Waals surface area contributed by atoms with Crippen LogP contribution in [-0.4, -0.2) is 25.2 Å². The minimum Gasteiger partial charge on any atom is -0.424 e. The molecule has 0 amide bonds. The first-order chi connectivity index (χ1) is 11.6. The van der Waals surface area contributed by atoms with Crippen molar-refractivity contribution >= 4 is 0 Å². The average Bonchev–Trinajstić information content (AvgIpc) is 3.21. The fraction of sp³-hybridized carbons (Fsp3) is 0.412. The Morgan fingerprint density at radius 1 is 1.17 bits per heavy atom. The van der Waals surface area contributed by atoms with Crippen LogP contribution in [0.15, 0.2) is 33.2 Å². The first-order valence-corrected chi connectivity index (χ1v) is 8.04. The van der Waals surface area contributed by atoms with Crippen LogP contribution in [0.25, 0.3) is 0 Å². The van der Waals surface area contributed by atoms with Crippen molar-refractivity contribution in [2.45, 2.75) is 45.8 Å². The van der Waals surface area contributed by atoms with Gasteiger partial charge in [-0.05, 0) is 31.4 Å². The molecule has 7 heteroatoms. The topological polar surface area (TPSA) is 81.1 Å². The molecular weight excluding hydrogens is 306 g/mol. The second kappa shape index (κ2) is 5.83. The summed E-state index contributed by atoms with van der Waals surface area (Å²) < 4.78 is 11.1. The summed E-state index contributed by atoms with van der Waals surface area (Å²) in [6.07, 6.45) is 0.815. The maximum Gasteiger partial charge on any atom is 0.243 e. The molecule has 1 aromatic carbocycles. The molecule has 0 saturated heterocycles. The van der Waals surface area contributed by atoms with Crippen molar-refractivity contribution in [3.05, 3.63) is 58.9 Å². The third kappa shape index (κ3) is 2.60. The van der Waals surface area contributed by atoms with Gasteiger partial charge in [0.15, 0.2) is 5.82 Å². The smallest absolute Gasteiger partial charge is 0.243 e. The second-order valence-corrected chi connectivity index (χ2v) is 6.18. The Labute approximate surface area is 139 Å². The second-order valence-electron chi connectivity index (χ2n) is 6.18. The van der Waals surface area contributed by atoms with E-state index < -0.39 is 0 Å². The molecule has 1 aliphatic rings. The monoisotopic (exact) mass is 325 g/mol. The molecule has 0 bridgehead atoms. The van der Waals surface area contributed by atoms with E-state index in [4.69, 9.17) is 8.94 Å². The molecule has 3 heterocycles. The van der Waals surface area contributed by atoms with Gasteiger partial charge in [-0.15, -0.1) is 10.2 Å². The molecule has 2 aromatic heterocycles. The minimum absolute atomic E-state index is 0.0108. The normalized spacial score (nSPS) is 19.2. The number of hydrogen-bond acceptors (Lipinski definition) is 7. The van der Waals surface area contributed by atoms with E-state index in [1.807, 2.05) is 13.8 Å². The maximum absolute atomic E-state index is 5.73. The van der Waals surface area contributed by atoms with Crippen LogP contribution in [0.3, 0.4) is 0 Å². The van der Waals surface area contributed by atoms with Crippen molar-refractivity contribution < 1.29 is 8.94 Å². The molecule has 0 radical (unpaired) electrons. The summed E-state index contributed by atoms with van der Waals surface area (Å²) >= 11 is 0. The van der Waals surface area contributed by atoms with Crippen LogP contribution in [0.1, 0.15) is 53.6 Å². The first-order valence-electron chi connectivity index (χ1n) is 8.04. The van der Waals surface area contributed by atoms with E-state index in [1.54, 1.807) is 0 Å². The summed E-state index contributed by atoms with van der Waals surface area (Å²) in [7, 11) is 0. The van der Waals surface area contributed by atoms with Crippen LogP contribution in [0.2, 0.25) is 0 Å². The number of rotatable bonds is 3. The Morgan fingerprint density at radius 3 is 2.62 bits per heavy atom. The molecule has 0 spiro atoms. The Kier molecular flexibility index (Phi) is 3.65. The van der Waals surface area contributed by atoms with E-state index in [2.05, 4.69) is 56.4 Å². The molecule has 0 aliphatic carbocycles. The lowest BCUT2D eigenvalue weighted by Gasteiger charge is -2.37. The Hall–Kier alpha value is -2.54. The van der Waals surface area contributed by atoms with Crippen molar-refractivity contribution in [2.24, 2.45) is 0 Å². The molecule has 0 N–H and O–H groups in total. The summed E-state index contributed by atoms with van der Waals surface area (Å²) in [5.74, 6) is 2.45. The molecule has 0 saturated carbocycles. The van der Waals surface area contributed by atoms with Gasteiger partial charge in [-0.25, -0.2) is 0 Å². The number of nitrogens with zero attached hydrogens (tertiary/aromatic N) is 5. The Bertz CT molecular complexity index is 856. The molecule has 24 heavy (non-hydrogen) atoms. The third-order valence-corrected chi connectivity index (χ3v) is 4.51. The third-order valence-electron chi connectivity index (χ3n) is 4.51. The predicted octanol–water partition coefficient (Wildman–Crippen LogP) is 2.93. The van der Waals surface area contributed by atoms with Gasteiger partial charge >= 0.3 is 0 Å². The van der Waals surface area contributed by atoms with E-state index in [0.29, 0.717) is 23.5 Å². The first kappa shape index (κ1) is 15.0. The van der Waals surface area contributed by atoms with Gasteiger partial charge in [-0.1, -0.05) is 29.4 Å². The van der Waals surface area contributed by atoms with Crippen molar-refractivity contribution in [3.8, 4) is 0 Å². The number of benzene rings is 1. The van der Waals surface area contributed by atoms with Crippen molar-refractivity contribution in [3.63, 3.8) is 0 Å². The number of hydrogen-bond donors (Lipinski definition) is 0. The van der Waals surface area contributed by atoms with Crippen LogP contribution in [0.4, 0.5) is 0 Å². The highest BCUT2D eigenvalue weighted by atomic mass is 16.5. The van der Waals surface area contributed by atoms with Gasteiger partial charge in [-0.3, -0.25) is 4.90 Å². The summed E-state index contributed by atoms with van der Waals surface area (Å²) in [6, 6.07) is 8.39. The molecule has 0 fully saturated rings. The highest BCUT2D eigenvalue weighted by Gasteiger charge is 2.36. The van der Waals surface area contributed by atoms with E-state index in [0.717, 1.165) is 13.0 Å². The molecule has 3 aromatic rings. The molecular formula is C17H19N5O2. The molecule has 4 rings (SSSR count). The Morgan fingerprint density at radius 2 is 1.96 bits per heavy atom. The van der Waals surface area contributed by atoms with Gasteiger partial charge in [0.2, 0.25) is 17.7 Å². The summed E-state index contributed by atoms with van der Waals surface area (Å²) in [5.41, 5.74) is 2.61. The van der Waals surface area contributed by atoms with Gasteiger partial charge in [0, 0.05) is 13.5 Å². The van der Waals surface area contributed by atoms with Crippen LogP contribution in [0, 0.1) is 13.8 Å². The van der Waals surface area contributed by atoms with Crippen LogP contribution in [-0.2, 0) is 13.0 Å². The zero-order chi connectivity index (χ0) is 16.7. The largest absolute Gasteiger partial charge is 0.424 e. The van der Waals surface area contributed by atoms with Gasteiger partial charge in [0.1, 0.15) is 0 Å². The summed E-state index contributed by atoms with van der Waals surface area (Å²) in [4.78, 5) is 6.67. The average molecular weight is 325 g/mol. The fourth-order valence-corrected chi connectivity index (χ4v) is 3.25. The van der Waals surface area contributed by atoms with Crippen molar-refractivity contribution in [1.82, 2.24) is 25.2 Å². The van der Waals surface area contributed by atoms with Crippen molar-refractivity contribution in [1.29, 1.82) is 0 Å². The molecule has 2 unspecified atom stereocenters. The van der Waals surface area contributed by atoms with Crippen LogP contribution in [0.5, 0.6) is 0 Å². The summed E-state index contributed by atoms with van der Waals surface area (Å²) in [6.45, 7) is 6.47. The molecule has 2 atom stereocenters. The maximum atomic E-state index is 5.73.